The quantitative estimate of drug-likeness (QED) is 0.849. The second-order valence-electron chi connectivity index (χ2n) is 7.09. The first-order valence-electron chi connectivity index (χ1n) is 9.34. The molecule has 0 aromatic heterocycles. The van der Waals surface area contributed by atoms with Gasteiger partial charge in [-0.05, 0) is 37.6 Å². The maximum atomic E-state index is 12.4. The Morgan fingerprint density at radius 2 is 1.81 bits per heavy atom. The Hall–Kier alpha value is -2.73. The van der Waals surface area contributed by atoms with Crippen LogP contribution in [0.1, 0.15) is 24.0 Å². The van der Waals surface area contributed by atoms with Crippen molar-refractivity contribution in [2.45, 2.75) is 25.9 Å². The molecule has 2 heterocycles. The molecular weight excluding hydrogens is 344 g/mol. The number of hydrogen-bond donors (Lipinski definition) is 2. The van der Waals surface area contributed by atoms with E-state index in [1.165, 1.54) is 0 Å². The number of likely N-dealkylation sites (tertiary alicyclic amines) is 1. The molecule has 142 valence electrons. The van der Waals surface area contributed by atoms with Crippen molar-refractivity contribution >= 4 is 5.91 Å². The van der Waals surface area contributed by atoms with Crippen molar-refractivity contribution in [3.05, 3.63) is 53.6 Å². The largest absolute Gasteiger partial charge is 0.507 e. The van der Waals surface area contributed by atoms with E-state index in [0.29, 0.717) is 24.6 Å². The molecule has 2 aliphatic heterocycles. The number of fused-ring (bicyclic) bond motifs is 1. The van der Waals surface area contributed by atoms with Gasteiger partial charge >= 0.3 is 0 Å². The molecule has 1 amide bonds. The van der Waals surface area contributed by atoms with E-state index in [4.69, 9.17) is 9.47 Å². The number of carbonyl (C=O) groups is 1. The lowest BCUT2D eigenvalue weighted by Crippen LogP contribution is -2.40. The molecule has 0 saturated carbocycles. The molecule has 0 radical (unpaired) electrons. The van der Waals surface area contributed by atoms with Crippen molar-refractivity contribution in [1.29, 1.82) is 0 Å². The number of nitrogens with one attached hydrogen (secondary N) is 1. The average Bonchev–Trinajstić information content (AvgIpc) is 3.15. The summed E-state index contributed by atoms with van der Waals surface area (Å²) >= 11 is 0. The summed E-state index contributed by atoms with van der Waals surface area (Å²) < 4.78 is 10.7. The van der Waals surface area contributed by atoms with E-state index in [1.54, 1.807) is 6.07 Å². The number of rotatable bonds is 5. The standard InChI is InChI=1S/C21H24N2O4/c24-18-11-20-19(26-14-27-20)10-17(18)13-23-8-6-16(7-9-23)21(25)22-12-15-4-2-1-3-5-15/h1-5,10-11,16,24H,6-9,12-14H2,(H,22,25). The number of carbonyl (C=O) groups excluding carboxylic acids is 1. The smallest absolute Gasteiger partial charge is 0.231 e. The van der Waals surface area contributed by atoms with Crippen LogP contribution >= 0.6 is 0 Å². The fourth-order valence-corrected chi connectivity index (χ4v) is 3.62. The minimum Gasteiger partial charge on any atom is -0.507 e. The van der Waals surface area contributed by atoms with Crippen LogP contribution in [0.3, 0.4) is 0 Å². The molecule has 0 bridgehead atoms. The van der Waals surface area contributed by atoms with Crippen LogP contribution in [-0.2, 0) is 17.9 Å². The van der Waals surface area contributed by atoms with Crippen molar-refractivity contribution in [2.24, 2.45) is 5.92 Å². The lowest BCUT2D eigenvalue weighted by Gasteiger charge is -2.31. The van der Waals surface area contributed by atoms with Crippen LogP contribution < -0.4 is 14.8 Å². The summed E-state index contributed by atoms with van der Waals surface area (Å²) in [5, 5.41) is 13.2. The van der Waals surface area contributed by atoms with E-state index >= 15 is 0 Å². The molecule has 6 nitrogen and oxygen atoms in total. The highest BCUT2D eigenvalue weighted by Crippen LogP contribution is 2.38. The molecule has 2 N–H and O–H groups in total. The third-order valence-corrected chi connectivity index (χ3v) is 5.24. The Morgan fingerprint density at radius 1 is 1.11 bits per heavy atom. The predicted molar refractivity (Wildman–Crippen MR) is 101 cm³/mol. The Bertz CT molecular complexity index is 801. The molecule has 0 atom stereocenters. The number of phenols is 1. The SMILES string of the molecule is O=C(NCc1ccccc1)C1CCN(Cc2cc3c(cc2O)OCO3)CC1. The minimum atomic E-state index is 0.0512. The predicted octanol–water partition coefficient (Wildman–Crippen LogP) is 2.65. The zero-order chi connectivity index (χ0) is 18.6. The van der Waals surface area contributed by atoms with Crippen LogP contribution in [-0.4, -0.2) is 35.8 Å². The van der Waals surface area contributed by atoms with Crippen LogP contribution in [0, 0.1) is 5.92 Å². The summed E-state index contributed by atoms with van der Waals surface area (Å²) in [4.78, 5) is 14.7. The van der Waals surface area contributed by atoms with Gasteiger partial charge in [0.2, 0.25) is 12.7 Å². The lowest BCUT2D eigenvalue weighted by molar-refractivity contribution is -0.126. The Morgan fingerprint density at radius 3 is 2.56 bits per heavy atom. The molecule has 0 aliphatic carbocycles. The number of aromatic hydroxyl groups is 1. The van der Waals surface area contributed by atoms with Gasteiger partial charge in [-0.2, -0.15) is 0 Å². The molecule has 0 unspecified atom stereocenters. The molecule has 0 spiro atoms. The number of benzene rings is 2. The topological polar surface area (TPSA) is 71.0 Å². The molecule has 4 rings (SSSR count). The van der Waals surface area contributed by atoms with Gasteiger partial charge < -0.3 is 19.9 Å². The zero-order valence-corrected chi connectivity index (χ0v) is 15.2. The van der Waals surface area contributed by atoms with E-state index in [0.717, 1.165) is 37.1 Å². The Kier molecular flexibility index (Phi) is 5.16. The third kappa shape index (κ3) is 4.17. The van der Waals surface area contributed by atoms with Gasteiger partial charge in [-0.15, -0.1) is 0 Å². The molecule has 1 saturated heterocycles. The van der Waals surface area contributed by atoms with E-state index in [2.05, 4.69) is 10.2 Å². The van der Waals surface area contributed by atoms with Crippen LogP contribution in [0.4, 0.5) is 0 Å². The molecule has 27 heavy (non-hydrogen) atoms. The number of hydrogen-bond acceptors (Lipinski definition) is 5. The van der Waals surface area contributed by atoms with Crippen LogP contribution in [0.25, 0.3) is 0 Å². The lowest BCUT2D eigenvalue weighted by atomic mass is 9.95. The first kappa shape index (κ1) is 17.7. The maximum absolute atomic E-state index is 12.4. The fraction of sp³-hybridized carbons (Fsp3) is 0.381. The Labute approximate surface area is 158 Å². The summed E-state index contributed by atoms with van der Waals surface area (Å²) in [7, 11) is 0. The van der Waals surface area contributed by atoms with Gasteiger partial charge in [0.05, 0.1) is 0 Å². The maximum Gasteiger partial charge on any atom is 0.231 e. The number of ether oxygens (including phenoxy) is 2. The van der Waals surface area contributed by atoms with E-state index in [-0.39, 0.29) is 24.4 Å². The normalized spacial score (nSPS) is 17.0. The molecule has 6 heteroatoms. The second kappa shape index (κ2) is 7.88. The van der Waals surface area contributed by atoms with Crippen LogP contribution in [0.15, 0.2) is 42.5 Å². The van der Waals surface area contributed by atoms with Crippen molar-refractivity contribution in [3.8, 4) is 17.2 Å². The van der Waals surface area contributed by atoms with E-state index in [9.17, 15) is 9.90 Å². The van der Waals surface area contributed by atoms with E-state index in [1.807, 2.05) is 36.4 Å². The van der Waals surface area contributed by atoms with Gasteiger partial charge in [-0.1, -0.05) is 30.3 Å². The first-order chi connectivity index (χ1) is 13.2. The van der Waals surface area contributed by atoms with Crippen molar-refractivity contribution in [2.75, 3.05) is 19.9 Å². The number of nitrogens with zero attached hydrogens (tertiary/aromatic N) is 1. The minimum absolute atomic E-state index is 0.0512. The van der Waals surface area contributed by atoms with Crippen molar-refractivity contribution in [3.63, 3.8) is 0 Å². The number of phenolic OH excluding ortho intramolecular Hbond substituents is 1. The summed E-state index contributed by atoms with van der Waals surface area (Å²) in [6.45, 7) is 3.07. The van der Waals surface area contributed by atoms with Crippen LogP contribution in [0.5, 0.6) is 17.2 Å². The third-order valence-electron chi connectivity index (χ3n) is 5.24. The molecule has 1 fully saturated rings. The van der Waals surface area contributed by atoms with Gasteiger partial charge in [0.15, 0.2) is 11.5 Å². The highest BCUT2D eigenvalue weighted by molar-refractivity contribution is 5.78. The summed E-state index contributed by atoms with van der Waals surface area (Å²) in [5.74, 6) is 1.67. The van der Waals surface area contributed by atoms with Crippen LogP contribution in [0.2, 0.25) is 0 Å². The number of piperidine rings is 1. The van der Waals surface area contributed by atoms with Crippen molar-refractivity contribution in [1.82, 2.24) is 10.2 Å². The van der Waals surface area contributed by atoms with E-state index < -0.39 is 0 Å². The van der Waals surface area contributed by atoms with Gasteiger partial charge in [-0.25, -0.2) is 0 Å². The summed E-state index contributed by atoms with van der Waals surface area (Å²) in [5.41, 5.74) is 1.94. The molecule has 2 aromatic rings. The van der Waals surface area contributed by atoms with Gasteiger partial charge in [0.25, 0.3) is 0 Å². The zero-order valence-electron chi connectivity index (χ0n) is 15.2. The molecule has 2 aliphatic rings. The molecule has 2 aromatic carbocycles. The van der Waals surface area contributed by atoms with Gasteiger partial charge in [0, 0.05) is 30.6 Å². The highest BCUT2D eigenvalue weighted by atomic mass is 16.7. The summed E-state index contributed by atoms with van der Waals surface area (Å²) in [6.07, 6.45) is 1.65. The van der Waals surface area contributed by atoms with Gasteiger partial charge in [0.1, 0.15) is 5.75 Å². The average molecular weight is 368 g/mol. The molecular formula is C21H24N2O4. The van der Waals surface area contributed by atoms with Crippen molar-refractivity contribution < 1.29 is 19.4 Å². The highest BCUT2D eigenvalue weighted by Gasteiger charge is 2.26. The Balaban J connectivity index is 1.27. The first-order valence-corrected chi connectivity index (χ1v) is 9.34. The fourth-order valence-electron chi connectivity index (χ4n) is 3.62. The van der Waals surface area contributed by atoms with Gasteiger partial charge in [-0.3, -0.25) is 9.69 Å². The summed E-state index contributed by atoms with van der Waals surface area (Å²) in [6, 6.07) is 13.4. The monoisotopic (exact) mass is 368 g/mol. The second-order valence-corrected chi connectivity index (χ2v) is 7.09. The number of amides is 1.